The quantitative estimate of drug-likeness (QED) is 0.100. The van der Waals surface area contributed by atoms with Crippen molar-refractivity contribution in [1.82, 2.24) is 10.3 Å². The highest BCUT2D eigenvalue weighted by molar-refractivity contribution is 8.00. The van der Waals surface area contributed by atoms with E-state index in [9.17, 15) is 14.4 Å². The Morgan fingerprint density at radius 3 is 2.30 bits per heavy atom. The van der Waals surface area contributed by atoms with Gasteiger partial charge in [0.05, 0.1) is 18.1 Å². The molecule has 0 spiro atoms. The summed E-state index contributed by atoms with van der Waals surface area (Å²) in [6.45, 7) is 3.76. The fourth-order valence-corrected chi connectivity index (χ4v) is 6.02. The van der Waals surface area contributed by atoms with Crippen LogP contribution in [0.15, 0.2) is 119 Å². The van der Waals surface area contributed by atoms with Gasteiger partial charge in [0.2, 0.25) is 5.91 Å². The SMILES string of the molecule is COc1ccccc1-c1csc(NC(=O)C(C)Sc2ccc(NC(=O)/C(=C/c3ccccc3C)NC(=O)c3ccccc3)cc2)n1. The van der Waals surface area contributed by atoms with Gasteiger partial charge in [-0.25, -0.2) is 4.98 Å². The van der Waals surface area contributed by atoms with Crippen molar-refractivity contribution in [3.8, 4) is 17.0 Å². The highest BCUT2D eigenvalue weighted by Crippen LogP contribution is 2.32. The van der Waals surface area contributed by atoms with Gasteiger partial charge in [-0.15, -0.1) is 23.1 Å². The molecule has 5 aromatic rings. The molecule has 0 aliphatic carbocycles. The number of hydrogen-bond acceptors (Lipinski definition) is 7. The smallest absolute Gasteiger partial charge is 0.272 e. The lowest BCUT2D eigenvalue weighted by atomic mass is 10.1. The van der Waals surface area contributed by atoms with Crippen LogP contribution >= 0.6 is 23.1 Å². The van der Waals surface area contributed by atoms with Crippen LogP contribution in [0.4, 0.5) is 10.8 Å². The van der Waals surface area contributed by atoms with E-state index in [0.717, 1.165) is 27.3 Å². The molecule has 0 saturated heterocycles. The van der Waals surface area contributed by atoms with Crippen LogP contribution in [0.2, 0.25) is 0 Å². The fraction of sp³-hybridized carbons (Fsp3) is 0.111. The second-order valence-electron chi connectivity index (χ2n) is 10.2. The molecule has 1 aromatic heterocycles. The molecular weight excluding hydrogens is 617 g/mol. The first kappa shape index (κ1) is 32.2. The van der Waals surface area contributed by atoms with Crippen LogP contribution in [0.1, 0.15) is 28.4 Å². The van der Waals surface area contributed by atoms with Crippen LogP contribution in [0.25, 0.3) is 17.3 Å². The molecule has 1 unspecified atom stereocenters. The summed E-state index contributed by atoms with van der Waals surface area (Å²) in [7, 11) is 1.61. The number of aromatic nitrogens is 1. The third kappa shape index (κ3) is 8.29. The second kappa shape index (κ2) is 15.2. The van der Waals surface area contributed by atoms with Gasteiger partial charge in [-0.05, 0) is 79.6 Å². The molecule has 1 atom stereocenters. The van der Waals surface area contributed by atoms with Gasteiger partial charge in [-0.3, -0.25) is 14.4 Å². The number of rotatable bonds is 11. The number of nitrogens with zero attached hydrogens (tertiary/aromatic N) is 1. The summed E-state index contributed by atoms with van der Waals surface area (Å²) in [5, 5.41) is 10.5. The highest BCUT2D eigenvalue weighted by atomic mass is 32.2. The molecule has 3 N–H and O–H groups in total. The minimum atomic E-state index is -0.461. The van der Waals surface area contributed by atoms with Crippen LogP contribution < -0.4 is 20.7 Å². The third-order valence-corrected chi connectivity index (χ3v) is 8.80. The first-order valence-electron chi connectivity index (χ1n) is 14.4. The number of benzene rings is 4. The van der Waals surface area contributed by atoms with Crippen LogP contribution in [0.3, 0.4) is 0 Å². The summed E-state index contributed by atoms with van der Waals surface area (Å²) in [6.07, 6.45) is 1.66. The zero-order valence-corrected chi connectivity index (χ0v) is 27.1. The lowest BCUT2D eigenvalue weighted by Gasteiger charge is -2.13. The molecule has 10 heteroatoms. The van der Waals surface area contributed by atoms with Gasteiger partial charge in [0.15, 0.2) is 5.13 Å². The van der Waals surface area contributed by atoms with E-state index >= 15 is 0 Å². The number of thioether (sulfide) groups is 1. The van der Waals surface area contributed by atoms with Crippen LogP contribution in [0.5, 0.6) is 5.75 Å². The number of ether oxygens (including phenoxy) is 1. The Morgan fingerprint density at radius 1 is 0.870 bits per heavy atom. The molecule has 5 rings (SSSR count). The number of carbonyl (C=O) groups is 3. The van der Waals surface area contributed by atoms with Gasteiger partial charge in [0.1, 0.15) is 11.4 Å². The number of thiazole rings is 1. The molecular formula is C36H32N4O4S2. The van der Waals surface area contributed by atoms with Gasteiger partial charge in [-0.2, -0.15) is 0 Å². The predicted molar refractivity (Wildman–Crippen MR) is 186 cm³/mol. The summed E-state index contributed by atoms with van der Waals surface area (Å²) < 4.78 is 5.43. The Hall–Kier alpha value is -5.19. The molecule has 0 aliphatic rings. The topological polar surface area (TPSA) is 109 Å². The Morgan fingerprint density at radius 2 is 1.57 bits per heavy atom. The molecule has 4 aromatic carbocycles. The minimum Gasteiger partial charge on any atom is -0.496 e. The van der Waals surface area contributed by atoms with Crippen molar-refractivity contribution in [2.45, 2.75) is 24.0 Å². The zero-order valence-electron chi connectivity index (χ0n) is 25.4. The average Bonchev–Trinajstić information content (AvgIpc) is 3.54. The van der Waals surface area contributed by atoms with E-state index in [1.54, 1.807) is 49.6 Å². The van der Waals surface area contributed by atoms with Crippen molar-refractivity contribution in [3.63, 3.8) is 0 Å². The van der Waals surface area contributed by atoms with Gasteiger partial charge in [0, 0.05) is 27.1 Å². The van der Waals surface area contributed by atoms with Gasteiger partial charge >= 0.3 is 0 Å². The molecule has 3 amide bonds. The van der Waals surface area contributed by atoms with Crippen molar-refractivity contribution in [2.24, 2.45) is 0 Å². The van der Waals surface area contributed by atoms with Gasteiger partial charge in [-0.1, -0.05) is 54.6 Å². The van der Waals surface area contributed by atoms with Gasteiger partial charge < -0.3 is 20.7 Å². The van der Waals surface area contributed by atoms with Crippen molar-refractivity contribution < 1.29 is 19.1 Å². The molecule has 1 heterocycles. The first-order valence-corrected chi connectivity index (χ1v) is 16.2. The van der Waals surface area contributed by atoms with Crippen LogP contribution in [-0.2, 0) is 9.59 Å². The monoisotopic (exact) mass is 648 g/mol. The zero-order chi connectivity index (χ0) is 32.5. The van der Waals surface area contributed by atoms with Crippen LogP contribution in [0, 0.1) is 6.92 Å². The fourth-order valence-electron chi connectivity index (χ4n) is 4.44. The third-order valence-electron chi connectivity index (χ3n) is 6.93. The van der Waals surface area contributed by atoms with E-state index in [0.29, 0.717) is 22.1 Å². The van der Waals surface area contributed by atoms with Crippen molar-refractivity contribution in [1.29, 1.82) is 0 Å². The molecule has 0 fully saturated rings. The maximum atomic E-state index is 13.4. The van der Waals surface area contributed by atoms with E-state index in [2.05, 4.69) is 20.9 Å². The predicted octanol–water partition coefficient (Wildman–Crippen LogP) is 7.66. The molecule has 0 saturated carbocycles. The highest BCUT2D eigenvalue weighted by Gasteiger charge is 2.19. The molecule has 0 bridgehead atoms. The van der Waals surface area contributed by atoms with Gasteiger partial charge in [0.25, 0.3) is 11.8 Å². The van der Waals surface area contributed by atoms with E-state index < -0.39 is 11.2 Å². The van der Waals surface area contributed by atoms with E-state index in [4.69, 9.17) is 4.74 Å². The van der Waals surface area contributed by atoms with E-state index in [-0.39, 0.29) is 17.5 Å². The second-order valence-corrected chi connectivity index (χ2v) is 12.5. The Balaban J connectivity index is 1.22. The Bertz CT molecular complexity index is 1870. The molecule has 46 heavy (non-hydrogen) atoms. The Kier molecular flexibility index (Phi) is 10.6. The largest absolute Gasteiger partial charge is 0.496 e. The van der Waals surface area contributed by atoms with E-state index in [1.807, 2.05) is 86.0 Å². The number of anilines is 2. The number of carbonyl (C=O) groups excluding carboxylic acids is 3. The number of methoxy groups -OCH3 is 1. The average molecular weight is 649 g/mol. The lowest BCUT2D eigenvalue weighted by Crippen LogP contribution is -2.30. The standard InChI is InChI=1S/C36H32N4O4S2/c1-23-11-7-8-14-26(23)21-30(38-34(42)25-12-5-4-6-13-25)35(43)37-27-17-19-28(20-18-27)46-24(2)33(41)40-36-39-31(22-45-36)29-15-9-10-16-32(29)44-3/h4-22,24H,1-3H3,(H,37,43)(H,38,42)(H,39,40,41)/b30-21-. The summed E-state index contributed by atoms with van der Waals surface area (Å²) in [5.41, 5.74) is 4.46. The summed E-state index contributed by atoms with van der Waals surface area (Å²) in [6, 6.07) is 31.1. The lowest BCUT2D eigenvalue weighted by molar-refractivity contribution is -0.115. The molecule has 8 nitrogen and oxygen atoms in total. The van der Waals surface area contributed by atoms with Crippen LogP contribution in [-0.4, -0.2) is 35.1 Å². The number of para-hydroxylation sites is 1. The molecule has 232 valence electrons. The summed E-state index contributed by atoms with van der Waals surface area (Å²) in [5.74, 6) is -0.312. The summed E-state index contributed by atoms with van der Waals surface area (Å²) >= 11 is 2.74. The number of nitrogens with one attached hydrogen (secondary N) is 3. The normalized spacial score (nSPS) is 11.8. The van der Waals surface area contributed by atoms with Crippen molar-refractivity contribution >= 4 is 57.7 Å². The Labute approximate surface area is 275 Å². The van der Waals surface area contributed by atoms with Crippen molar-refractivity contribution in [3.05, 3.63) is 131 Å². The van der Waals surface area contributed by atoms with Crippen molar-refractivity contribution in [2.75, 3.05) is 17.7 Å². The number of hydrogen-bond donors (Lipinski definition) is 3. The summed E-state index contributed by atoms with van der Waals surface area (Å²) in [4.78, 5) is 44.7. The molecule has 0 radical (unpaired) electrons. The molecule has 0 aliphatic heterocycles. The van der Waals surface area contributed by atoms with E-state index in [1.165, 1.54) is 23.1 Å². The maximum absolute atomic E-state index is 13.4. The maximum Gasteiger partial charge on any atom is 0.272 e. The first-order chi connectivity index (χ1) is 22.3. The number of aryl methyl sites for hydroxylation is 1. The number of amides is 3. The minimum absolute atomic E-state index is 0.114.